The molecule has 0 aliphatic carbocycles. The van der Waals surface area contributed by atoms with Crippen molar-refractivity contribution < 1.29 is 31.9 Å². The lowest BCUT2D eigenvalue weighted by Crippen LogP contribution is -2.42. The summed E-state index contributed by atoms with van der Waals surface area (Å²) in [5.74, 6) is -4.93. The first kappa shape index (κ1) is 32.3. The second-order valence-corrected chi connectivity index (χ2v) is 16.8. The zero-order chi connectivity index (χ0) is 30.9. The number of nitrogens with zero attached hydrogens (tertiary/aromatic N) is 2. The fraction of sp³-hybridized carbons (Fsp3) is 0.500. The second-order valence-electron chi connectivity index (χ2n) is 12.0. The summed E-state index contributed by atoms with van der Waals surface area (Å²) in [5.41, 5.74) is 0.399. The van der Waals surface area contributed by atoms with Crippen LogP contribution in [0.25, 0.3) is 11.0 Å². The van der Waals surface area contributed by atoms with Gasteiger partial charge in [-0.15, -0.1) is 0 Å². The summed E-state index contributed by atoms with van der Waals surface area (Å²) in [5, 5.41) is 0.0986. The van der Waals surface area contributed by atoms with Gasteiger partial charge < -0.3 is 18.5 Å². The van der Waals surface area contributed by atoms with Crippen molar-refractivity contribution in [2.45, 2.75) is 79.2 Å². The molecule has 0 amide bonds. The molecule has 0 bridgehead atoms. The number of fused-ring (bicyclic) bond motifs is 1. The molecule has 0 radical (unpaired) electrons. The van der Waals surface area contributed by atoms with Gasteiger partial charge in [0, 0.05) is 29.6 Å². The molecule has 0 aliphatic rings. The van der Waals surface area contributed by atoms with Crippen molar-refractivity contribution >= 4 is 25.3 Å². The van der Waals surface area contributed by atoms with Crippen molar-refractivity contribution in [1.82, 2.24) is 9.55 Å². The van der Waals surface area contributed by atoms with Crippen LogP contribution in [0.15, 0.2) is 29.2 Å². The summed E-state index contributed by atoms with van der Waals surface area (Å²) >= 11 is 0. The van der Waals surface area contributed by atoms with Crippen LogP contribution in [-0.2, 0) is 15.8 Å². The summed E-state index contributed by atoms with van der Waals surface area (Å²) in [4.78, 5) is 31.1. The molecule has 0 saturated carbocycles. The van der Waals surface area contributed by atoms with Gasteiger partial charge in [0.1, 0.15) is 23.6 Å². The Labute approximate surface area is 239 Å². The monoisotopic (exact) mass is 592 g/mol. The number of rotatable bonds is 10. The highest BCUT2D eigenvalue weighted by Gasteiger charge is 2.38. The molecule has 1 atom stereocenters. The molecule has 224 valence electrons. The Bertz CT molecular complexity index is 1480. The molecule has 3 rings (SSSR count). The van der Waals surface area contributed by atoms with Crippen molar-refractivity contribution in [2.24, 2.45) is 5.92 Å². The summed E-state index contributed by atoms with van der Waals surface area (Å²) in [6, 6.07) is 2.26. The van der Waals surface area contributed by atoms with Gasteiger partial charge in [0.25, 0.3) is 0 Å². The number of hydrogen-bond donors (Lipinski definition) is 0. The number of carbonyl (C=O) groups excluding carboxylic acids is 1. The molecule has 1 aromatic carbocycles. The molecule has 3 aromatic rings. The Morgan fingerprint density at radius 3 is 2.24 bits per heavy atom. The topological polar surface area (TPSA) is 79.7 Å². The van der Waals surface area contributed by atoms with E-state index < -0.39 is 42.9 Å². The van der Waals surface area contributed by atoms with Gasteiger partial charge in [0.2, 0.25) is 5.43 Å². The van der Waals surface area contributed by atoms with Crippen molar-refractivity contribution in [2.75, 3.05) is 13.2 Å². The van der Waals surface area contributed by atoms with E-state index in [4.69, 9.17) is 13.9 Å². The molecule has 0 fully saturated rings. The van der Waals surface area contributed by atoms with Gasteiger partial charge in [0.15, 0.2) is 25.7 Å². The first-order valence-electron chi connectivity index (χ1n) is 13.6. The van der Waals surface area contributed by atoms with Gasteiger partial charge in [-0.25, -0.2) is 22.9 Å². The number of aromatic nitrogens is 2. The van der Waals surface area contributed by atoms with Crippen LogP contribution >= 0.6 is 0 Å². The van der Waals surface area contributed by atoms with Crippen LogP contribution in [0.3, 0.4) is 0 Å². The summed E-state index contributed by atoms with van der Waals surface area (Å²) in [6.07, 6.45) is 1.48. The van der Waals surface area contributed by atoms with Crippen LogP contribution in [0.2, 0.25) is 18.1 Å². The molecule has 2 aromatic heterocycles. The molecule has 0 spiro atoms. The van der Waals surface area contributed by atoms with E-state index in [1.165, 1.54) is 12.3 Å². The number of aryl methyl sites for hydroxylation is 1. The normalized spacial score (nSPS) is 13.1. The van der Waals surface area contributed by atoms with E-state index in [1.807, 2.05) is 13.8 Å². The molecular weight excluding hydrogens is 553 g/mol. The number of hydrogen-bond acceptors (Lipinski definition) is 6. The maximum atomic E-state index is 14.2. The largest absolute Gasteiger partial charge is 0.483 e. The third-order valence-corrected chi connectivity index (χ3v) is 12.2. The van der Waals surface area contributed by atoms with Gasteiger partial charge >= 0.3 is 5.97 Å². The van der Waals surface area contributed by atoms with Gasteiger partial charge in [-0.3, -0.25) is 4.79 Å². The minimum atomic E-state index is -2.14. The van der Waals surface area contributed by atoms with Gasteiger partial charge in [-0.1, -0.05) is 34.6 Å². The molecule has 0 saturated heterocycles. The van der Waals surface area contributed by atoms with E-state index in [2.05, 4.69) is 38.8 Å². The molecule has 7 nitrogen and oxygen atoms in total. The lowest BCUT2D eigenvalue weighted by atomic mass is 10.0. The third kappa shape index (κ3) is 7.01. The van der Waals surface area contributed by atoms with Crippen LogP contribution < -0.4 is 10.2 Å². The second kappa shape index (κ2) is 12.4. The predicted octanol–water partition coefficient (Wildman–Crippen LogP) is 7.10. The fourth-order valence-electron chi connectivity index (χ4n) is 4.08. The highest BCUT2D eigenvalue weighted by molar-refractivity contribution is 6.74. The van der Waals surface area contributed by atoms with Crippen LogP contribution in [0.5, 0.6) is 5.75 Å². The Balaban J connectivity index is 2.16. The Hall–Kier alpha value is -3.18. The standard InChI is InChI=1S/C30H39F3N2O5Si/c1-10-38-29(37)22-14-35(25(17(2)3)16-40-41(8,9)30(5,6)7)28-21(26(22)36)11-19(18(4)34-28)15-39-27-23(32)12-20(31)13-24(27)33/h11-14,17,25H,10,15-16H2,1-9H3/t25-/m1/s1. The van der Waals surface area contributed by atoms with Crippen molar-refractivity contribution in [3.63, 3.8) is 0 Å². The van der Waals surface area contributed by atoms with E-state index in [9.17, 15) is 22.8 Å². The van der Waals surface area contributed by atoms with Crippen molar-refractivity contribution in [3.05, 3.63) is 68.9 Å². The molecule has 0 unspecified atom stereocenters. The van der Waals surface area contributed by atoms with E-state index in [-0.39, 0.29) is 41.2 Å². The number of carbonyl (C=O) groups is 1. The zero-order valence-corrected chi connectivity index (χ0v) is 26.2. The minimum absolute atomic E-state index is 0.0244. The molecule has 11 heteroatoms. The van der Waals surface area contributed by atoms with E-state index in [0.29, 0.717) is 35.6 Å². The Kier molecular flexibility index (Phi) is 9.75. The average Bonchev–Trinajstić information content (AvgIpc) is 2.84. The molecule has 2 heterocycles. The highest BCUT2D eigenvalue weighted by Crippen LogP contribution is 2.38. The van der Waals surface area contributed by atoms with Gasteiger partial charge in [-0.05, 0) is 44.0 Å². The quantitative estimate of drug-likeness (QED) is 0.185. The van der Waals surface area contributed by atoms with E-state index in [1.54, 1.807) is 18.4 Å². The van der Waals surface area contributed by atoms with Crippen molar-refractivity contribution in [1.29, 1.82) is 0 Å². The molecule has 0 N–H and O–H groups in total. The summed E-state index contributed by atoms with van der Waals surface area (Å²) < 4.78 is 60.5. The first-order valence-corrected chi connectivity index (χ1v) is 16.5. The smallest absolute Gasteiger partial charge is 0.343 e. The number of ether oxygens (including phenoxy) is 2. The van der Waals surface area contributed by atoms with Crippen LogP contribution in [0, 0.1) is 30.3 Å². The van der Waals surface area contributed by atoms with E-state index in [0.717, 1.165) is 0 Å². The van der Waals surface area contributed by atoms with Crippen LogP contribution in [0.1, 0.15) is 69.2 Å². The van der Waals surface area contributed by atoms with Gasteiger partial charge in [-0.2, -0.15) is 0 Å². The molecule has 41 heavy (non-hydrogen) atoms. The molecular formula is C30H39F3N2O5Si. The lowest BCUT2D eigenvalue weighted by molar-refractivity contribution is 0.0523. The van der Waals surface area contributed by atoms with E-state index >= 15 is 0 Å². The first-order chi connectivity index (χ1) is 19.0. The van der Waals surface area contributed by atoms with Gasteiger partial charge in [0.05, 0.1) is 24.6 Å². The zero-order valence-electron chi connectivity index (χ0n) is 25.2. The van der Waals surface area contributed by atoms with Crippen molar-refractivity contribution in [3.8, 4) is 5.75 Å². The Morgan fingerprint density at radius 2 is 1.71 bits per heavy atom. The average molecular weight is 593 g/mol. The summed E-state index contributed by atoms with van der Waals surface area (Å²) in [6.45, 7) is 18.2. The third-order valence-electron chi connectivity index (χ3n) is 7.68. The molecule has 0 aliphatic heterocycles. The maximum Gasteiger partial charge on any atom is 0.343 e. The highest BCUT2D eigenvalue weighted by atomic mass is 28.4. The Morgan fingerprint density at radius 1 is 1.10 bits per heavy atom. The predicted molar refractivity (Wildman–Crippen MR) is 154 cm³/mol. The number of esters is 1. The number of benzene rings is 1. The number of halogens is 3. The maximum absolute atomic E-state index is 14.2. The van der Waals surface area contributed by atoms with Crippen LogP contribution in [-0.4, -0.2) is 37.1 Å². The summed E-state index contributed by atoms with van der Waals surface area (Å²) in [7, 11) is -2.14. The SMILES string of the molecule is CCOC(=O)c1cn([C@H](CO[Si](C)(C)C(C)(C)C)C(C)C)c2nc(C)c(COc3c(F)cc(F)cc3F)cc2c1=O. The fourth-order valence-corrected chi connectivity index (χ4v) is 5.10. The minimum Gasteiger partial charge on any atom is -0.483 e. The number of pyridine rings is 2. The lowest BCUT2D eigenvalue weighted by Gasteiger charge is -2.38. The van der Waals surface area contributed by atoms with Crippen LogP contribution in [0.4, 0.5) is 13.2 Å².